The molecule has 1 saturated heterocycles. The molecule has 7 heteroatoms. The molecule has 0 N–H and O–H groups in total. The minimum absolute atomic E-state index is 0.0465. The number of rotatable bonds is 3. The summed E-state index contributed by atoms with van der Waals surface area (Å²) in [5.41, 5.74) is 1.34. The zero-order chi connectivity index (χ0) is 15.7. The van der Waals surface area contributed by atoms with E-state index in [-0.39, 0.29) is 23.5 Å². The lowest BCUT2D eigenvalue weighted by Gasteiger charge is -2.22. The normalized spacial score (nSPS) is 20.0. The molecule has 1 fully saturated rings. The maximum Gasteiger partial charge on any atom is 0.273 e. The summed E-state index contributed by atoms with van der Waals surface area (Å²) in [6, 6.07) is 9.42. The van der Waals surface area contributed by atoms with Gasteiger partial charge in [-0.1, -0.05) is 30.3 Å². The van der Waals surface area contributed by atoms with E-state index in [1.807, 2.05) is 30.3 Å². The third kappa shape index (κ3) is 3.05. The van der Waals surface area contributed by atoms with E-state index < -0.39 is 9.84 Å². The Morgan fingerprint density at radius 2 is 2.05 bits per heavy atom. The Kier molecular flexibility index (Phi) is 4.01. The van der Waals surface area contributed by atoms with Gasteiger partial charge in [-0.3, -0.25) is 4.79 Å². The fraction of sp³-hybridized carbons (Fsp3) is 0.333. The average molecular weight is 336 g/mol. The van der Waals surface area contributed by atoms with Crippen LogP contribution in [0.15, 0.2) is 35.7 Å². The summed E-state index contributed by atoms with van der Waals surface area (Å²) >= 11 is 1.41. The minimum Gasteiger partial charge on any atom is -0.336 e. The highest BCUT2D eigenvalue weighted by molar-refractivity contribution is 7.91. The quantitative estimate of drug-likeness (QED) is 0.860. The van der Waals surface area contributed by atoms with Crippen molar-refractivity contribution in [3.63, 3.8) is 0 Å². The maximum absolute atomic E-state index is 12.5. The van der Waals surface area contributed by atoms with Gasteiger partial charge in [0.2, 0.25) is 0 Å². The van der Waals surface area contributed by atoms with E-state index in [0.717, 1.165) is 10.6 Å². The van der Waals surface area contributed by atoms with Crippen molar-refractivity contribution < 1.29 is 13.2 Å². The van der Waals surface area contributed by atoms with E-state index in [1.165, 1.54) is 16.2 Å². The van der Waals surface area contributed by atoms with Crippen LogP contribution in [0, 0.1) is 0 Å². The van der Waals surface area contributed by atoms with Gasteiger partial charge in [0.25, 0.3) is 5.91 Å². The van der Waals surface area contributed by atoms with Crippen molar-refractivity contribution in [2.75, 3.05) is 18.6 Å². The first-order valence-corrected chi connectivity index (χ1v) is 9.65. The SMILES string of the molecule is CN(C(=O)c1csc(-c2ccccc2)n1)C1CCS(=O)(=O)C1. The number of amides is 1. The number of hydrogen-bond donors (Lipinski definition) is 0. The molecule has 0 bridgehead atoms. The lowest BCUT2D eigenvalue weighted by atomic mass is 10.2. The van der Waals surface area contributed by atoms with Gasteiger partial charge < -0.3 is 4.90 Å². The highest BCUT2D eigenvalue weighted by Gasteiger charge is 2.33. The van der Waals surface area contributed by atoms with Crippen LogP contribution in [0.5, 0.6) is 0 Å². The van der Waals surface area contributed by atoms with Crippen molar-refractivity contribution in [2.24, 2.45) is 0 Å². The second kappa shape index (κ2) is 5.81. The van der Waals surface area contributed by atoms with E-state index in [1.54, 1.807) is 12.4 Å². The molecule has 5 nitrogen and oxygen atoms in total. The van der Waals surface area contributed by atoms with Crippen LogP contribution in [0.2, 0.25) is 0 Å². The lowest BCUT2D eigenvalue weighted by Crippen LogP contribution is -2.38. The number of carbonyl (C=O) groups excluding carboxylic acids is 1. The summed E-state index contributed by atoms with van der Waals surface area (Å²) < 4.78 is 23.1. The van der Waals surface area contributed by atoms with Gasteiger partial charge in [0, 0.05) is 24.0 Å². The standard InChI is InChI=1S/C15H16N2O3S2/c1-17(12-7-8-22(19,20)10-12)15(18)13-9-21-14(16-13)11-5-3-2-4-6-11/h2-6,9,12H,7-8,10H2,1H3. The summed E-state index contributed by atoms with van der Waals surface area (Å²) in [5.74, 6) is -0.0208. The third-order valence-corrected chi connectivity index (χ3v) is 6.46. The van der Waals surface area contributed by atoms with E-state index in [9.17, 15) is 13.2 Å². The average Bonchev–Trinajstić information content (AvgIpc) is 3.13. The fourth-order valence-corrected chi connectivity index (χ4v) is 5.09. The number of nitrogens with zero attached hydrogens (tertiary/aromatic N) is 2. The number of thiazole rings is 1. The van der Waals surface area contributed by atoms with Crippen LogP contribution >= 0.6 is 11.3 Å². The Hall–Kier alpha value is -1.73. The Morgan fingerprint density at radius 3 is 2.68 bits per heavy atom. The van der Waals surface area contributed by atoms with Gasteiger partial charge in [-0.15, -0.1) is 11.3 Å². The van der Waals surface area contributed by atoms with E-state index >= 15 is 0 Å². The number of benzene rings is 1. The highest BCUT2D eigenvalue weighted by atomic mass is 32.2. The molecule has 0 radical (unpaired) electrons. The fourth-order valence-electron chi connectivity index (χ4n) is 2.51. The molecular weight excluding hydrogens is 320 g/mol. The van der Waals surface area contributed by atoms with E-state index in [2.05, 4.69) is 4.98 Å². The first-order valence-electron chi connectivity index (χ1n) is 6.95. The van der Waals surface area contributed by atoms with Crippen LogP contribution in [0.25, 0.3) is 10.6 Å². The molecule has 0 aliphatic carbocycles. The van der Waals surface area contributed by atoms with E-state index in [4.69, 9.17) is 0 Å². The molecule has 22 heavy (non-hydrogen) atoms. The predicted molar refractivity (Wildman–Crippen MR) is 86.7 cm³/mol. The Bertz CT molecular complexity index is 784. The van der Waals surface area contributed by atoms with Crippen molar-refractivity contribution in [1.29, 1.82) is 0 Å². The molecule has 3 rings (SSSR count). The topological polar surface area (TPSA) is 67.3 Å². The second-order valence-electron chi connectivity index (χ2n) is 5.38. The summed E-state index contributed by atoms with van der Waals surface area (Å²) in [4.78, 5) is 18.4. The molecule has 2 aromatic rings. The molecule has 1 unspecified atom stereocenters. The van der Waals surface area contributed by atoms with Gasteiger partial charge in [0.05, 0.1) is 11.5 Å². The van der Waals surface area contributed by atoms with Crippen molar-refractivity contribution >= 4 is 27.1 Å². The first kappa shape index (κ1) is 15.2. The molecule has 116 valence electrons. The summed E-state index contributed by atoms with van der Waals surface area (Å²) in [6.45, 7) is 0. The highest BCUT2D eigenvalue weighted by Crippen LogP contribution is 2.25. The van der Waals surface area contributed by atoms with Crippen molar-refractivity contribution in [2.45, 2.75) is 12.5 Å². The van der Waals surface area contributed by atoms with Crippen LogP contribution in [-0.4, -0.2) is 48.8 Å². The molecule has 1 aromatic heterocycles. The summed E-state index contributed by atoms with van der Waals surface area (Å²) in [6.07, 6.45) is 0.500. The zero-order valence-electron chi connectivity index (χ0n) is 12.1. The second-order valence-corrected chi connectivity index (χ2v) is 8.46. The molecule has 0 saturated carbocycles. The molecule has 1 aliphatic heterocycles. The Balaban J connectivity index is 1.77. The van der Waals surface area contributed by atoms with Gasteiger partial charge in [-0.2, -0.15) is 0 Å². The maximum atomic E-state index is 12.5. The first-order chi connectivity index (χ1) is 10.5. The third-order valence-electron chi connectivity index (χ3n) is 3.82. The Labute approximate surface area is 133 Å². The largest absolute Gasteiger partial charge is 0.336 e. The minimum atomic E-state index is -3.01. The van der Waals surface area contributed by atoms with Gasteiger partial charge in [-0.25, -0.2) is 13.4 Å². The lowest BCUT2D eigenvalue weighted by molar-refractivity contribution is 0.0742. The number of carbonyl (C=O) groups is 1. The van der Waals surface area contributed by atoms with Crippen molar-refractivity contribution in [1.82, 2.24) is 9.88 Å². The molecule has 1 atom stereocenters. The van der Waals surface area contributed by atoms with Crippen LogP contribution in [0.3, 0.4) is 0 Å². The number of sulfone groups is 1. The van der Waals surface area contributed by atoms with Gasteiger partial charge in [0.15, 0.2) is 9.84 Å². The molecule has 1 aromatic carbocycles. The van der Waals surface area contributed by atoms with Gasteiger partial charge in [0.1, 0.15) is 10.7 Å². The summed E-state index contributed by atoms with van der Waals surface area (Å²) in [7, 11) is -1.36. The van der Waals surface area contributed by atoms with Gasteiger partial charge >= 0.3 is 0 Å². The Morgan fingerprint density at radius 1 is 1.32 bits per heavy atom. The van der Waals surface area contributed by atoms with E-state index in [0.29, 0.717) is 12.1 Å². The molecule has 1 aliphatic rings. The van der Waals surface area contributed by atoms with Crippen LogP contribution in [0.4, 0.5) is 0 Å². The molecular formula is C15H16N2O3S2. The molecule has 0 spiro atoms. The molecule has 2 heterocycles. The number of hydrogen-bond acceptors (Lipinski definition) is 5. The zero-order valence-corrected chi connectivity index (χ0v) is 13.7. The number of aromatic nitrogens is 1. The summed E-state index contributed by atoms with van der Waals surface area (Å²) in [5, 5.41) is 2.52. The predicted octanol–water partition coefficient (Wildman–Crippen LogP) is 2.07. The van der Waals surface area contributed by atoms with Crippen molar-refractivity contribution in [3.8, 4) is 10.6 Å². The van der Waals surface area contributed by atoms with Crippen molar-refractivity contribution in [3.05, 3.63) is 41.4 Å². The monoisotopic (exact) mass is 336 g/mol. The smallest absolute Gasteiger partial charge is 0.273 e. The van der Waals surface area contributed by atoms with Crippen LogP contribution < -0.4 is 0 Å². The molecule has 1 amide bonds. The van der Waals surface area contributed by atoms with Gasteiger partial charge in [-0.05, 0) is 6.42 Å². The van der Waals surface area contributed by atoms with Crippen LogP contribution in [-0.2, 0) is 9.84 Å². The van der Waals surface area contributed by atoms with Crippen LogP contribution in [0.1, 0.15) is 16.9 Å².